The summed E-state index contributed by atoms with van der Waals surface area (Å²) in [5, 5.41) is 4.34. The van der Waals surface area contributed by atoms with Gasteiger partial charge in [0.05, 0.1) is 4.47 Å². The smallest absolute Gasteiger partial charge is 0.137 e. The molecule has 1 N–H and O–H groups in total. The first-order valence-electron chi connectivity index (χ1n) is 6.39. The van der Waals surface area contributed by atoms with Crippen LogP contribution in [0.25, 0.3) is 0 Å². The van der Waals surface area contributed by atoms with Gasteiger partial charge in [0.1, 0.15) is 5.82 Å². The fourth-order valence-electron chi connectivity index (χ4n) is 2.48. The number of nitrogens with one attached hydrogen (secondary N) is 1. The molecule has 1 saturated carbocycles. The minimum Gasteiger partial charge on any atom is -0.310 e. The SMILES string of the molecule is CSC1CCCC(NCc2cccc(F)c2Br)C1. The van der Waals surface area contributed by atoms with Crippen LogP contribution in [0.5, 0.6) is 0 Å². The number of thioether (sulfide) groups is 1. The summed E-state index contributed by atoms with van der Waals surface area (Å²) in [5.41, 5.74) is 1.00. The Labute approximate surface area is 121 Å². The van der Waals surface area contributed by atoms with Gasteiger partial charge in [0.25, 0.3) is 0 Å². The maximum absolute atomic E-state index is 13.4. The highest BCUT2D eigenvalue weighted by molar-refractivity contribution is 9.10. The van der Waals surface area contributed by atoms with Gasteiger partial charge in [0.2, 0.25) is 0 Å². The molecule has 0 spiro atoms. The van der Waals surface area contributed by atoms with Gasteiger partial charge in [-0.05, 0) is 53.1 Å². The highest BCUT2D eigenvalue weighted by Gasteiger charge is 2.20. The lowest BCUT2D eigenvalue weighted by Crippen LogP contribution is -2.34. The molecule has 0 aliphatic heterocycles. The van der Waals surface area contributed by atoms with Gasteiger partial charge in [0, 0.05) is 17.8 Å². The van der Waals surface area contributed by atoms with Crippen LogP contribution >= 0.6 is 27.7 Å². The van der Waals surface area contributed by atoms with Crippen LogP contribution in [0, 0.1) is 5.82 Å². The van der Waals surface area contributed by atoms with Crippen molar-refractivity contribution in [2.24, 2.45) is 0 Å². The molecule has 1 aliphatic carbocycles. The van der Waals surface area contributed by atoms with Gasteiger partial charge in [-0.1, -0.05) is 18.6 Å². The first-order valence-corrected chi connectivity index (χ1v) is 8.48. The third-order valence-electron chi connectivity index (χ3n) is 3.57. The molecular weight excluding hydrogens is 313 g/mol. The van der Waals surface area contributed by atoms with E-state index in [0.717, 1.165) is 17.4 Å². The van der Waals surface area contributed by atoms with E-state index in [0.29, 0.717) is 10.5 Å². The standard InChI is InChI=1S/C14H19BrFNS/c1-18-12-6-3-5-11(8-12)17-9-10-4-2-7-13(16)14(10)15/h2,4,7,11-12,17H,3,5-6,8-9H2,1H3. The van der Waals surface area contributed by atoms with Crippen LogP contribution in [-0.2, 0) is 6.54 Å². The molecule has 0 saturated heterocycles. The molecule has 2 rings (SSSR count). The van der Waals surface area contributed by atoms with Crippen LogP contribution in [0.4, 0.5) is 4.39 Å². The van der Waals surface area contributed by atoms with E-state index < -0.39 is 0 Å². The van der Waals surface area contributed by atoms with Crippen LogP contribution in [0.1, 0.15) is 31.2 Å². The van der Waals surface area contributed by atoms with Crippen LogP contribution in [0.3, 0.4) is 0 Å². The fourth-order valence-corrected chi connectivity index (χ4v) is 3.72. The molecule has 1 fully saturated rings. The highest BCUT2D eigenvalue weighted by atomic mass is 79.9. The van der Waals surface area contributed by atoms with Crippen molar-refractivity contribution in [2.45, 2.75) is 43.5 Å². The van der Waals surface area contributed by atoms with E-state index >= 15 is 0 Å². The first-order chi connectivity index (χ1) is 8.70. The van der Waals surface area contributed by atoms with Crippen LogP contribution in [0.15, 0.2) is 22.7 Å². The molecule has 0 radical (unpaired) electrons. The van der Waals surface area contributed by atoms with E-state index in [-0.39, 0.29) is 5.82 Å². The van der Waals surface area contributed by atoms with Crippen LogP contribution in [-0.4, -0.2) is 17.5 Å². The van der Waals surface area contributed by atoms with Gasteiger partial charge in [-0.3, -0.25) is 0 Å². The van der Waals surface area contributed by atoms with Crippen LogP contribution < -0.4 is 5.32 Å². The van der Waals surface area contributed by atoms with Gasteiger partial charge in [-0.2, -0.15) is 11.8 Å². The molecule has 0 amide bonds. The Hall–Kier alpha value is -0.0600. The van der Waals surface area contributed by atoms with E-state index in [9.17, 15) is 4.39 Å². The van der Waals surface area contributed by atoms with E-state index in [2.05, 4.69) is 27.5 Å². The zero-order chi connectivity index (χ0) is 13.0. The normalized spacial score (nSPS) is 24.2. The number of hydrogen-bond donors (Lipinski definition) is 1. The molecule has 4 heteroatoms. The van der Waals surface area contributed by atoms with Gasteiger partial charge in [-0.25, -0.2) is 4.39 Å². The predicted molar refractivity (Wildman–Crippen MR) is 80.5 cm³/mol. The number of benzene rings is 1. The molecule has 100 valence electrons. The molecule has 2 atom stereocenters. The lowest BCUT2D eigenvalue weighted by atomic mass is 9.95. The zero-order valence-corrected chi connectivity index (χ0v) is 13.0. The summed E-state index contributed by atoms with van der Waals surface area (Å²) in [6.07, 6.45) is 7.30. The van der Waals surface area contributed by atoms with Gasteiger partial charge in [-0.15, -0.1) is 0 Å². The molecule has 0 aromatic heterocycles. The van der Waals surface area contributed by atoms with Crippen molar-refractivity contribution in [1.82, 2.24) is 5.32 Å². The van der Waals surface area contributed by atoms with E-state index in [1.54, 1.807) is 6.07 Å². The summed E-state index contributed by atoms with van der Waals surface area (Å²) in [7, 11) is 0. The lowest BCUT2D eigenvalue weighted by molar-refractivity contribution is 0.379. The molecule has 0 bridgehead atoms. The number of hydrogen-bond acceptors (Lipinski definition) is 2. The average Bonchev–Trinajstić information content (AvgIpc) is 2.41. The third kappa shape index (κ3) is 3.72. The Balaban J connectivity index is 1.89. The largest absolute Gasteiger partial charge is 0.310 e. The summed E-state index contributed by atoms with van der Waals surface area (Å²) in [6, 6.07) is 5.79. The molecular formula is C14H19BrFNS. The van der Waals surface area contributed by atoms with Gasteiger partial charge >= 0.3 is 0 Å². The Bertz CT molecular complexity index is 399. The molecule has 2 unspecified atom stereocenters. The maximum Gasteiger partial charge on any atom is 0.137 e. The van der Waals surface area contributed by atoms with Crippen molar-refractivity contribution in [3.05, 3.63) is 34.1 Å². The number of halogens is 2. The topological polar surface area (TPSA) is 12.0 Å². The van der Waals surface area contributed by atoms with Crippen molar-refractivity contribution in [2.75, 3.05) is 6.26 Å². The molecule has 18 heavy (non-hydrogen) atoms. The minimum atomic E-state index is -0.181. The quantitative estimate of drug-likeness (QED) is 0.880. The first kappa shape index (κ1) is 14.4. The summed E-state index contributed by atoms with van der Waals surface area (Å²) in [4.78, 5) is 0. The monoisotopic (exact) mass is 331 g/mol. The minimum absolute atomic E-state index is 0.181. The van der Waals surface area contributed by atoms with Gasteiger partial charge < -0.3 is 5.32 Å². The van der Waals surface area contributed by atoms with E-state index in [1.165, 1.54) is 31.7 Å². The molecule has 1 aromatic rings. The summed E-state index contributed by atoms with van der Waals surface area (Å²) in [5.74, 6) is -0.181. The molecule has 1 aliphatic rings. The summed E-state index contributed by atoms with van der Waals surface area (Å²) < 4.78 is 14.0. The van der Waals surface area contributed by atoms with E-state index in [1.807, 2.05) is 17.8 Å². The zero-order valence-electron chi connectivity index (χ0n) is 10.6. The second-order valence-electron chi connectivity index (χ2n) is 4.82. The molecule has 1 aromatic carbocycles. The van der Waals surface area contributed by atoms with Crippen molar-refractivity contribution in [1.29, 1.82) is 0 Å². The van der Waals surface area contributed by atoms with Crippen molar-refractivity contribution < 1.29 is 4.39 Å². The Morgan fingerprint density at radius 1 is 1.44 bits per heavy atom. The maximum atomic E-state index is 13.4. The molecule has 1 nitrogen and oxygen atoms in total. The molecule has 0 heterocycles. The average molecular weight is 332 g/mol. The highest BCUT2D eigenvalue weighted by Crippen LogP contribution is 2.27. The summed E-state index contributed by atoms with van der Waals surface area (Å²) in [6.45, 7) is 0.740. The van der Waals surface area contributed by atoms with Crippen molar-refractivity contribution in [3.63, 3.8) is 0 Å². The number of rotatable bonds is 4. The van der Waals surface area contributed by atoms with Crippen molar-refractivity contribution in [3.8, 4) is 0 Å². The predicted octanol–water partition coefficient (Wildman–Crippen LogP) is 4.35. The van der Waals surface area contributed by atoms with Crippen molar-refractivity contribution >= 4 is 27.7 Å². The Morgan fingerprint density at radius 3 is 3.06 bits per heavy atom. The second-order valence-corrected chi connectivity index (χ2v) is 6.75. The van der Waals surface area contributed by atoms with Gasteiger partial charge in [0.15, 0.2) is 0 Å². The summed E-state index contributed by atoms with van der Waals surface area (Å²) >= 11 is 5.28. The Morgan fingerprint density at radius 2 is 2.28 bits per heavy atom. The second kappa shape index (κ2) is 6.92. The lowest BCUT2D eigenvalue weighted by Gasteiger charge is -2.29. The Kier molecular flexibility index (Phi) is 5.52. The fraction of sp³-hybridized carbons (Fsp3) is 0.571. The third-order valence-corrected chi connectivity index (χ3v) is 5.56. The van der Waals surface area contributed by atoms with Crippen LogP contribution in [0.2, 0.25) is 0 Å². The van der Waals surface area contributed by atoms with E-state index in [4.69, 9.17) is 0 Å².